The number of nitrogens with two attached hydrogens (primary N) is 1. The molecule has 2 N–H and O–H groups in total. The van der Waals surface area contributed by atoms with Crippen molar-refractivity contribution >= 4 is 11.3 Å². The lowest BCUT2D eigenvalue weighted by Crippen LogP contribution is -2.37. The lowest BCUT2D eigenvalue weighted by molar-refractivity contribution is 0.357. The first-order chi connectivity index (χ1) is 5.44. The van der Waals surface area contributed by atoms with Crippen LogP contribution in [0.5, 0.6) is 0 Å². The van der Waals surface area contributed by atoms with Crippen LogP contribution in [0.15, 0.2) is 12.1 Å². The molecule has 0 saturated heterocycles. The smallest absolute Gasteiger partial charge is 0.0498 e. The highest BCUT2D eigenvalue weighted by molar-refractivity contribution is 7.12. The Bertz CT molecular complexity index is 261. The summed E-state index contributed by atoms with van der Waals surface area (Å²) in [5.41, 5.74) is 6.04. The summed E-state index contributed by atoms with van der Waals surface area (Å²) in [6.45, 7) is 8.54. The minimum Gasteiger partial charge on any atom is -0.321 e. The number of rotatable bonds is 2. The van der Waals surface area contributed by atoms with Gasteiger partial charge in [0.15, 0.2) is 0 Å². The van der Waals surface area contributed by atoms with Crippen molar-refractivity contribution in [3.8, 4) is 0 Å². The average molecular weight is 183 g/mol. The standard InChI is InChI=1S/C10H17NS/c1-7(2)10(4,11)9-6-5-8(3)12-9/h5-7H,11H2,1-4H3. The average Bonchev–Trinajstić information content (AvgIpc) is 2.35. The first-order valence-electron chi connectivity index (χ1n) is 4.30. The lowest BCUT2D eigenvalue weighted by atomic mass is 9.88. The highest BCUT2D eigenvalue weighted by Crippen LogP contribution is 2.31. The SMILES string of the molecule is Cc1ccc(C(C)(N)C(C)C)s1. The Kier molecular flexibility index (Phi) is 2.59. The molecule has 0 saturated carbocycles. The predicted octanol–water partition coefficient (Wildman–Crippen LogP) is 2.89. The van der Waals surface area contributed by atoms with Crippen LogP contribution in [0.2, 0.25) is 0 Å². The van der Waals surface area contributed by atoms with E-state index >= 15 is 0 Å². The summed E-state index contributed by atoms with van der Waals surface area (Å²) in [5, 5.41) is 0. The van der Waals surface area contributed by atoms with Crippen molar-refractivity contribution in [2.75, 3.05) is 0 Å². The Morgan fingerprint density at radius 3 is 2.33 bits per heavy atom. The van der Waals surface area contributed by atoms with Gasteiger partial charge in [-0.1, -0.05) is 13.8 Å². The summed E-state index contributed by atoms with van der Waals surface area (Å²) < 4.78 is 0. The Morgan fingerprint density at radius 1 is 1.42 bits per heavy atom. The fraction of sp³-hybridized carbons (Fsp3) is 0.600. The molecule has 68 valence electrons. The highest BCUT2D eigenvalue weighted by Gasteiger charge is 2.26. The Labute approximate surface area is 78.6 Å². The van der Waals surface area contributed by atoms with E-state index in [0.717, 1.165) is 0 Å². The zero-order valence-corrected chi connectivity index (χ0v) is 9.03. The largest absolute Gasteiger partial charge is 0.321 e. The van der Waals surface area contributed by atoms with Gasteiger partial charge in [0.2, 0.25) is 0 Å². The molecule has 1 nitrogen and oxygen atoms in total. The molecule has 1 rings (SSSR count). The van der Waals surface area contributed by atoms with Gasteiger partial charge in [0.25, 0.3) is 0 Å². The maximum atomic E-state index is 6.20. The van der Waals surface area contributed by atoms with Crippen molar-refractivity contribution in [2.45, 2.75) is 33.2 Å². The van der Waals surface area contributed by atoms with Crippen LogP contribution in [0.25, 0.3) is 0 Å². The molecule has 1 aromatic rings. The van der Waals surface area contributed by atoms with Crippen molar-refractivity contribution in [1.29, 1.82) is 0 Å². The topological polar surface area (TPSA) is 26.0 Å². The second kappa shape index (κ2) is 3.19. The number of thiophene rings is 1. The first kappa shape index (κ1) is 9.75. The van der Waals surface area contributed by atoms with Crippen LogP contribution in [-0.2, 0) is 5.54 Å². The molecule has 2 heteroatoms. The van der Waals surface area contributed by atoms with Crippen LogP contribution in [-0.4, -0.2) is 0 Å². The molecule has 0 amide bonds. The maximum Gasteiger partial charge on any atom is 0.0498 e. The normalized spacial score (nSPS) is 16.5. The molecule has 0 fully saturated rings. The van der Waals surface area contributed by atoms with Gasteiger partial charge in [0.1, 0.15) is 0 Å². The van der Waals surface area contributed by atoms with E-state index < -0.39 is 0 Å². The minimum atomic E-state index is -0.168. The molecule has 1 aromatic heterocycles. The summed E-state index contributed by atoms with van der Waals surface area (Å²) in [7, 11) is 0. The number of hydrogen-bond acceptors (Lipinski definition) is 2. The molecule has 0 aliphatic rings. The van der Waals surface area contributed by atoms with Gasteiger partial charge in [-0.15, -0.1) is 11.3 Å². The maximum absolute atomic E-state index is 6.20. The zero-order valence-electron chi connectivity index (χ0n) is 8.22. The fourth-order valence-electron chi connectivity index (χ4n) is 1.01. The van der Waals surface area contributed by atoms with Gasteiger partial charge >= 0.3 is 0 Å². The second-order valence-corrected chi connectivity index (χ2v) is 5.14. The van der Waals surface area contributed by atoms with Gasteiger partial charge in [-0.25, -0.2) is 0 Å². The van der Waals surface area contributed by atoms with Crippen LogP contribution in [0.4, 0.5) is 0 Å². The van der Waals surface area contributed by atoms with Crippen LogP contribution < -0.4 is 5.73 Å². The van der Waals surface area contributed by atoms with Crippen molar-refractivity contribution in [3.05, 3.63) is 21.9 Å². The van der Waals surface area contributed by atoms with E-state index in [0.29, 0.717) is 5.92 Å². The summed E-state index contributed by atoms with van der Waals surface area (Å²) >= 11 is 1.80. The van der Waals surface area contributed by atoms with Gasteiger partial charge in [-0.05, 0) is 31.9 Å². The van der Waals surface area contributed by atoms with Crippen molar-refractivity contribution in [2.24, 2.45) is 11.7 Å². The molecular weight excluding hydrogens is 166 g/mol. The van der Waals surface area contributed by atoms with E-state index in [1.54, 1.807) is 11.3 Å². The molecule has 0 aliphatic heterocycles. The van der Waals surface area contributed by atoms with E-state index in [2.05, 4.69) is 39.8 Å². The molecular formula is C10H17NS. The fourth-order valence-corrected chi connectivity index (χ4v) is 2.08. The van der Waals surface area contributed by atoms with E-state index in [4.69, 9.17) is 5.73 Å². The molecule has 0 aliphatic carbocycles. The Balaban J connectivity index is 2.97. The van der Waals surface area contributed by atoms with Gasteiger partial charge in [0.05, 0.1) is 0 Å². The van der Waals surface area contributed by atoms with Crippen molar-refractivity contribution in [3.63, 3.8) is 0 Å². The highest BCUT2D eigenvalue weighted by atomic mass is 32.1. The molecule has 0 aromatic carbocycles. The summed E-state index contributed by atoms with van der Waals surface area (Å²) in [4.78, 5) is 2.62. The van der Waals surface area contributed by atoms with E-state index in [1.807, 2.05) is 0 Å². The van der Waals surface area contributed by atoms with Gasteiger partial charge in [-0.3, -0.25) is 0 Å². The molecule has 0 bridgehead atoms. The Morgan fingerprint density at radius 2 is 2.00 bits per heavy atom. The van der Waals surface area contributed by atoms with Gasteiger partial charge < -0.3 is 5.73 Å². The van der Waals surface area contributed by atoms with Crippen LogP contribution in [0.1, 0.15) is 30.5 Å². The van der Waals surface area contributed by atoms with Crippen molar-refractivity contribution < 1.29 is 0 Å². The third-order valence-electron chi connectivity index (χ3n) is 2.47. The summed E-state index contributed by atoms with van der Waals surface area (Å²) in [6.07, 6.45) is 0. The number of aryl methyl sites for hydroxylation is 1. The molecule has 0 spiro atoms. The molecule has 12 heavy (non-hydrogen) atoms. The van der Waals surface area contributed by atoms with Crippen molar-refractivity contribution in [1.82, 2.24) is 0 Å². The quantitative estimate of drug-likeness (QED) is 0.749. The first-order valence-corrected chi connectivity index (χ1v) is 5.12. The van der Waals surface area contributed by atoms with Crippen LogP contribution in [0.3, 0.4) is 0 Å². The monoisotopic (exact) mass is 183 g/mol. The zero-order chi connectivity index (χ0) is 9.35. The summed E-state index contributed by atoms with van der Waals surface area (Å²) in [5.74, 6) is 0.482. The number of hydrogen-bond donors (Lipinski definition) is 1. The van der Waals surface area contributed by atoms with E-state index in [1.165, 1.54) is 9.75 Å². The van der Waals surface area contributed by atoms with Gasteiger partial charge in [-0.2, -0.15) is 0 Å². The molecule has 0 radical (unpaired) electrons. The second-order valence-electron chi connectivity index (χ2n) is 3.85. The summed E-state index contributed by atoms with van der Waals surface area (Å²) in [6, 6.07) is 4.27. The van der Waals surface area contributed by atoms with Crippen LogP contribution >= 0.6 is 11.3 Å². The molecule has 1 unspecified atom stereocenters. The van der Waals surface area contributed by atoms with Gasteiger partial charge in [0, 0.05) is 15.3 Å². The minimum absolute atomic E-state index is 0.168. The lowest BCUT2D eigenvalue weighted by Gasteiger charge is -2.27. The van der Waals surface area contributed by atoms with E-state index in [9.17, 15) is 0 Å². The van der Waals surface area contributed by atoms with E-state index in [-0.39, 0.29) is 5.54 Å². The Hall–Kier alpha value is -0.340. The third-order valence-corrected chi connectivity index (χ3v) is 3.72. The van der Waals surface area contributed by atoms with Crippen LogP contribution in [0, 0.1) is 12.8 Å². The molecule has 1 atom stereocenters. The third kappa shape index (κ3) is 1.70. The predicted molar refractivity (Wildman–Crippen MR) is 55.4 cm³/mol. The molecule has 1 heterocycles.